The van der Waals surface area contributed by atoms with E-state index in [0.29, 0.717) is 11.5 Å². The van der Waals surface area contributed by atoms with Crippen LogP contribution in [0.25, 0.3) is 0 Å². The Kier molecular flexibility index (Phi) is 10.0. The smallest absolute Gasteiger partial charge is 0.246 e. The third-order valence-electron chi connectivity index (χ3n) is 3.60. The van der Waals surface area contributed by atoms with Gasteiger partial charge in [-0.05, 0) is 30.8 Å². The van der Waals surface area contributed by atoms with Gasteiger partial charge < -0.3 is 11.1 Å². The monoisotopic (exact) mass is 370 g/mol. The van der Waals surface area contributed by atoms with Crippen LogP contribution in [-0.4, -0.2) is 28.9 Å². The van der Waals surface area contributed by atoms with Gasteiger partial charge in [0, 0.05) is 0 Å². The van der Waals surface area contributed by atoms with E-state index in [9.17, 15) is 4.79 Å². The minimum atomic E-state index is -0.325. The van der Waals surface area contributed by atoms with E-state index < -0.39 is 0 Å². The molecule has 0 bridgehead atoms. The summed E-state index contributed by atoms with van der Waals surface area (Å²) in [5.74, 6) is 0.364. The number of anilines is 2. The fraction of sp³-hybridized carbons (Fsp3) is 0.294. The van der Waals surface area contributed by atoms with Gasteiger partial charge in [0.25, 0.3) is 0 Å². The van der Waals surface area contributed by atoms with Crippen molar-refractivity contribution in [2.75, 3.05) is 24.1 Å². The highest BCUT2D eigenvalue weighted by atomic mass is 35.5. The van der Waals surface area contributed by atoms with Crippen LogP contribution >= 0.6 is 24.8 Å². The lowest BCUT2D eigenvalue weighted by atomic mass is 10.0. The van der Waals surface area contributed by atoms with Crippen molar-refractivity contribution in [1.29, 1.82) is 0 Å². The predicted molar refractivity (Wildman–Crippen MR) is 104 cm³/mol. The van der Waals surface area contributed by atoms with Crippen molar-refractivity contribution in [2.24, 2.45) is 0 Å². The van der Waals surface area contributed by atoms with Gasteiger partial charge in [0.2, 0.25) is 5.91 Å². The average Bonchev–Trinajstić information content (AvgIpc) is 2.55. The van der Waals surface area contributed by atoms with Crippen LogP contribution in [0.3, 0.4) is 0 Å². The Morgan fingerprint density at radius 3 is 2.25 bits per heavy atom. The molecule has 0 aliphatic carbocycles. The molecule has 5 nitrogen and oxygen atoms in total. The van der Waals surface area contributed by atoms with E-state index in [0.717, 1.165) is 18.7 Å². The first-order chi connectivity index (χ1) is 10.7. The second-order valence-corrected chi connectivity index (χ2v) is 5.00. The summed E-state index contributed by atoms with van der Waals surface area (Å²) in [5.41, 5.74) is 7.19. The van der Waals surface area contributed by atoms with E-state index in [-0.39, 0.29) is 36.8 Å². The number of aromatic nitrogens is 1. The number of likely N-dealkylation sites (N-methyl/N-ethyl adjacent to an activating group) is 1. The van der Waals surface area contributed by atoms with Crippen molar-refractivity contribution >= 4 is 42.2 Å². The zero-order valence-corrected chi connectivity index (χ0v) is 15.4. The van der Waals surface area contributed by atoms with Crippen LogP contribution in [0.1, 0.15) is 25.5 Å². The summed E-state index contributed by atoms with van der Waals surface area (Å²) in [5, 5.41) is 2.92. The molecular formula is C17H24Cl2N4O. The van der Waals surface area contributed by atoms with E-state index in [1.807, 2.05) is 30.3 Å². The molecule has 1 aromatic heterocycles. The third-order valence-corrected chi connectivity index (χ3v) is 3.60. The van der Waals surface area contributed by atoms with Crippen LogP contribution in [0.5, 0.6) is 0 Å². The molecule has 132 valence electrons. The van der Waals surface area contributed by atoms with Gasteiger partial charge >= 0.3 is 0 Å². The second kappa shape index (κ2) is 10.9. The minimum Gasteiger partial charge on any atom is -0.384 e. The van der Waals surface area contributed by atoms with Gasteiger partial charge in [-0.1, -0.05) is 44.2 Å². The van der Waals surface area contributed by atoms with Crippen molar-refractivity contribution in [2.45, 2.75) is 19.9 Å². The lowest BCUT2D eigenvalue weighted by Gasteiger charge is -2.29. The molecule has 24 heavy (non-hydrogen) atoms. The van der Waals surface area contributed by atoms with Crippen LogP contribution in [0.15, 0.2) is 48.7 Å². The molecule has 0 radical (unpaired) electrons. The SMILES string of the molecule is CCN(CC)C(C(=O)Nc1ccc(N)nc1)c1ccccc1.Cl.Cl. The van der Waals surface area contributed by atoms with Crippen LogP contribution < -0.4 is 11.1 Å². The molecule has 1 amide bonds. The molecule has 1 unspecified atom stereocenters. The van der Waals surface area contributed by atoms with Crippen molar-refractivity contribution in [3.63, 3.8) is 0 Å². The van der Waals surface area contributed by atoms with Gasteiger partial charge in [0.15, 0.2) is 0 Å². The van der Waals surface area contributed by atoms with E-state index in [1.54, 1.807) is 18.3 Å². The normalized spacial score (nSPS) is 11.1. The van der Waals surface area contributed by atoms with Crippen LogP contribution in [-0.2, 0) is 4.79 Å². The lowest BCUT2D eigenvalue weighted by Crippen LogP contribution is -2.37. The topological polar surface area (TPSA) is 71.2 Å². The fourth-order valence-corrected chi connectivity index (χ4v) is 2.44. The number of amides is 1. The lowest BCUT2D eigenvalue weighted by molar-refractivity contribution is -0.121. The number of hydrogen-bond donors (Lipinski definition) is 2. The first-order valence-corrected chi connectivity index (χ1v) is 7.47. The fourth-order valence-electron chi connectivity index (χ4n) is 2.44. The summed E-state index contributed by atoms with van der Waals surface area (Å²) in [7, 11) is 0. The molecule has 0 spiro atoms. The quantitative estimate of drug-likeness (QED) is 0.815. The largest absolute Gasteiger partial charge is 0.384 e. The summed E-state index contributed by atoms with van der Waals surface area (Å²) in [6, 6.07) is 12.9. The summed E-state index contributed by atoms with van der Waals surface area (Å²) >= 11 is 0. The number of pyridine rings is 1. The molecule has 1 aromatic carbocycles. The number of benzene rings is 1. The maximum atomic E-state index is 12.7. The zero-order valence-electron chi connectivity index (χ0n) is 13.8. The number of halogens is 2. The minimum absolute atomic E-state index is 0. The number of carbonyl (C=O) groups is 1. The first-order valence-electron chi connectivity index (χ1n) is 7.47. The highest BCUT2D eigenvalue weighted by molar-refractivity contribution is 5.95. The summed E-state index contributed by atoms with van der Waals surface area (Å²) in [6.07, 6.45) is 1.57. The number of nitrogens with one attached hydrogen (secondary N) is 1. The summed E-state index contributed by atoms with van der Waals surface area (Å²) < 4.78 is 0. The first kappa shape index (κ1) is 22.2. The Morgan fingerprint density at radius 1 is 1.12 bits per heavy atom. The zero-order chi connectivity index (χ0) is 15.9. The molecule has 3 N–H and O–H groups in total. The van der Waals surface area contributed by atoms with Gasteiger partial charge in [0.1, 0.15) is 11.9 Å². The third kappa shape index (κ3) is 5.67. The highest BCUT2D eigenvalue weighted by Gasteiger charge is 2.25. The molecule has 0 aliphatic heterocycles. The number of hydrogen-bond acceptors (Lipinski definition) is 4. The second-order valence-electron chi connectivity index (χ2n) is 5.00. The van der Waals surface area contributed by atoms with Crippen molar-refractivity contribution in [3.8, 4) is 0 Å². The van der Waals surface area contributed by atoms with Gasteiger partial charge in [-0.3, -0.25) is 9.69 Å². The van der Waals surface area contributed by atoms with Gasteiger partial charge in [0.05, 0.1) is 11.9 Å². The van der Waals surface area contributed by atoms with E-state index in [2.05, 4.69) is 29.0 Å². The molecule has 0 saturated heterocycles. The molecule has 7 heteroatoms. The summed E-state index contributed by atoms with van der Waals surface area (Å²) in [4.78, 5) is 18.9. The average molecular weight is 371 g/mol. The molecule has 2 rings (SSSR count). The van der Waals surface area contributed by atoms with E-state index in [1.165, 1.54) is 0 Å². The molecule has 1 heterocycles. The molecule has 0 fully saturated rings. The maximum absolute atomic E-state index is 12.7. The molecule has 2 aromatic rings. The molecular weight excluding hydrogens is 347 g/mol. The Labute approximate surface area is 155 Å². The van der Waals surface area contributed by atoms with Gasteiger partial charge in [-0.15, -0.1) is 24.8 Å². The van der Waals surface area contributed by atoms with Crippen LogP contribution in [0, 0.1) is 0 Å². The molecule has 1 atom stereocenters. The van der Waals surface area contributed by atoms with Gasteiger partial charge in [-0.2, -0.15) is 0 Å². The van der Waals surface area contributed by atoms with E-state index >= 15 is 0 Å². The number of rotatable bonds is 6. The molecule has 0 aliphatic rings. The van der Waals surface area contributed by atoms with Gasteiger partial charge in [-0.25, -0.2) is 4.98 Å². The Balaban J connectivity index is 0.00000264. The number of nitrogens with two attached hydrogens (primary N) is 1. The number of nitrogen functional groups attached to an aromatic ring is 1. The maximum Gasteiger partial charge on any atom is 0.246 e. The van der Waals surface area contributed by atoms with E-state index in [4.69, 9.17) is 5.73 Å². The van der Waals surface area contributed by atoms with Crippen molar-refractivity contribution in [1.82, 2.24) is 9.88 Å². The number of nitrogens with zero attached hydrogens (tertiary/aromatic N) is 2. The Bertz CT molecular complexity index is 604. The summed E-state index contributed by atoms with van der Waals surface area (Å²) in [6.45, 7) is 5.70. The van der Waals surface area contributed by atoms with Crippen LogP contribution in [0.2, 0.25) is 0 Å². The number of carbonyl (C=O) groups excluding carboxylic acids is 1. The van der Waals surface area contributed by atoms with Crippen LogP contribution in [0.4, 0.5) is 11.5 Å². The predicted octanol–water partition coefficient (Wildman–Crippen LogP) is 3.53. The standard InChI is InChI=1S/C17H22N4O.2ClH/c1-3-21(4-2)16(13-8-6-5-7-9-13)17(22)20-14-10-11-15(18)19-12-14;;/h5-12,16H,3-4H2,1-2H3,(H2,18,19)(H,20,22);2*1H. The Morgan fingerprint density at radius 2 is 1.75 bits per heavy atom. The highest BCUT2D eigenvalue weighted by Crippen LogP contribution is 2.22. The van der Waals surface area contributed by atoms with Crippen molar-refractivity contribution < 1.29 is 4.79 Å². The van der Waals surface area contributed by atoms with Crippen molar-refractivity contribution in [3.05, 3.63) is 54.2 Å². The Hall–Kier alpha value is -1.82. The molecule has 0 saturated carbocycles.